The minimum absolute atomic E-state index is 0.0286. The van der Waals surface area contributed by atoms with Gasteiger partial charge in [0.25, 0.3) is 0 Å². The standard InChI is InChI=1S/C31H29NO4/c1-20(2)36-28-17-6-5-13-23(28)24-14-8-15-25-26(30(31(33)34)32-29(24)25)16-9-19-35-27-18-7-11-21-10-3-4-12-22(21)27/h3-8,10-15,17-18,20,32H,9,16,19H2,1-2H3,(H,33,34). The van der Waals surface area contributed by atoms with Gasteiger partial charge in [0, 0.05) is 21.9 Å². The van der Waals surface area contributed by atoms with E-state index in [0.29, 0.717) is 19.4 Å². The summed E-state index contributed by atoms with van der Waals surface area (Å²) < 4.78 is 12.1. The van der Waals surface area contributed by atoms with Crippen molar-refractivity contribution in [2.75, 3.05) is 6.61 Å². The maximum atomic E-state index is 12.2. The Balaban J connectivity index is 1.43. The van der Waals surface area contributed by atoms with Gasteiger partial charge in [-0.25, -0.2) is 4.79 Å². The van der Waals surface area contributed by atoms with Crippen LogP contribution in [0.4, 0.5) is 0 Å². The van der Waals surface area contributed by atoms with Crippen molar-refractivity contribution < 1.29 is 19.4 Å². The Morgan fingerprint density at radius 3 is 2.33 bits per heavy atom. The van der Waals surface area contributed by atoms with E-state index < -0.39 is 5.97 Å². The molecule has 0 atom stereocenters. The predicted molar refractivity (Wildman–Crippen MR) is 144 cm³/mol. The van der Waals surface area contributed by atoms with Crippen molar-refractivity contribution in [2.24, 2.45) is 0 Å². The van der Waals surface area contributed by atoms with Crippen LogP contribution in [0.2, 0.25) is 0 Å². The molecule has 0 saturated heterocycles. The molecule has 0 aliphatic heterocycles. The molecule has 5 aromatic rings. The summed E-state index contributed by atoms with van der Waals surface area (Å²) in [6, 6.07) is 28.0. The SMILES string of the molecule is CC(C)Oc1ccccc1-c1cccc2c(CCCOc3cccc4ccccc34)c(C(=O)O)[nH]c12. The van der Waals surface area contributed by atoms with Gasteiger partial charge in [-0.15, -0.1) is 0 Å². The number of aromatic nitrogens is 1. The lowest BCUT2D eigenvalue weighted by molar-refractivity contribution is 0.0690. The van der Waals surface area contributed by atoms with E-state index >= 15 is 0 Å². The van der Waals surface area contributed by atoms with Crippen LogP contribution in [0.1, 0.15) is 36.3 Å². The van der Waals surface area contributed by atoms with E-state index in [9.17, 15) is 9.90 Å². The molecule has 0 fully saturated rings. The highest BCUT2D eigenvalue weighted by molar-refractivity contribution is 6.03. The molecule has 0 saturated carbocycles. The van der Waals surface area contributed by atoms with Crippen LogP contribution in [0.15, 0.2) is 84.9 Å². The van der Waals surface area contributed by atoms with Crippen molar-refractivity contribution in [1.29, 1.82) is 0 Å². The molecule has 1 heterocycles. The van der Waals surface area contributed by atoms with Gasteiger partial charge < -0.3 is 19.6 Å². The number of benzene rings is 4. The number of carbonyl (C=O) groups is 1. The van der Waals surface area contributed by atoms with Crippen LogP contribution in [-0.2, 0) is 6.42 Å². The Labute approximate surface area is 210 Å². The second-order valence-corrected chi connectivity index (χ2v) is 9.10. The summed E-state index contributed by atoms with van der Waals surface area (Å²) >= 11 is 0. The van der Waals surface area contributed by atoms with Gasteiger partial charge in [-0.1, -0.05) is 72.8 Å². The molecule has 182 valence electrons. The van der Waals surface area contributed by atoms with Crippen LogP contribution < -0.4 is 9.47 Å². The number of aromatic amines is 1. The number of nitrogens with one attached hydrogen (secondary N) is 1. The molecule has 5 nitrogen and oxygen atoms in total. The molecular formula is C31H29NO4. The van der Waals surface area contributed by atoms with Gasteiger partial charge in [0.2, 0.25) is 0 Å². The molecule has 0 aliphatic rings. The maximum Gasteiger partial charge on any atom is 0.352 e. The van der Waals surface area contributed by atoms with Gasteiger partial charge >= 0.3 is 5.97 Å². The van der Waals surface area contributed by atoms with E-state index in [1.54, 1.807) is 0 Å². The molecule has 2 N–H and O–H groups in total. The molecule has 0 unspecified atom stereocenters. The molecule has 0 radical (unpaired) electrons. The lowest BCUT2D eigenvalue weighted by Gasteiger charge is -2.15. The molecule has 0 amide bonds. The average Bonchev–Trinajstić information content (AvgIpc) is 3.26. The number of carboxylic acids is 1. The first kappa shape index (κ1) is 23.5. The van der Waals surface area contributed by atoms with E-state index in [1.807, 2.05) is 80.6 Å². The second kappa shape index (κ2) is 10.2. The average molecular weight is 480 g/mol. The monoisotopic (exact) mass is 479 g/mol. The van der Waals surface area contributed by atoms with Gasteiger partial charge in [0.1, 0.15) is 17.2 Å². The van der Waals surface area contributed by atoms with Gasteiger partial charge in [-0.05, 0) is 49.8 Å². The van der Waals surface area contributed by atoms with Crippen LogP contribution in [0.3, 0.4) is 0 Å². The summed E-state index contributed by atoms with van der Waals surface area (Å²) in [6.07, 6.45) is 1.30. The fraction of sp³-hybridized carbons (Fsp3) is 0.194. The van der Waals surface area contributed by atoms with Crippen LogP contribution in [0.25, 0.3) is 32.8 Å². The number of aryl methyl sites for hydroxylation is 1. The normalized spacial score (nSPS) is 11.3. The summed E-state index contributed by atoms with van der Waals surface area (Å²) in [5.41, 5.74) is 3.68. The molecule has 36 heavy (non-hydrogen) atoms. The number of H-pyrrole nitrogens is 1. The Kier molecular flexibility index (Phi) is 6.63. The van der Waals surface area contributed by atoms with Gasteiger partial charge in [-0.2, -0.15) is 0 Å². The fourth-order valence-electron chi connectivity index (χ4n) is 4.74. The third-order valence-corrected chi connectivity index (χ3v) is 6.27. The fourth-order valence-corrected chi connectivity index (χ4v) is 4.74. The highest BCUT2D eigenvalue weighted by Gasteiger charge is 2.20. The Morgan fingerprint density at radius 2 is 1.50 bits per heavy atom. The molecular weight excluding hydrogens is 450 g/mol. The molecule has 0 spiro atoms. The summed E-state index contributed by atoms with van der Waals surface area (Å²) in [6.45, 7) is 4.48. The smallest absolute Gasteiger partial charge is 0.352 e. The van der Waals surface area contributed by atoms with Crippen molar-refractivity contribution in [1.82, 2.24) is 4.98 Å². The van der Waals surface area contributed by atoms with E-state index in [4.69, 9.17) is 9.47 Å². The molecule has 1 aromatic heterocycles. The molecule has 4 aromatic carbocycles. The predicted octanol–water partition coefficient (Wildman–Crippen LogP) is 7.49. The van der Waals surface area contributed by atoms with Crippen LogP contribution >= 0.6 is 0 Å². The number of aromatic carboxylic acids is 1. The van der Waals surface area contributed by atoms with E-state index in [0.717, 1.165) is 49.9 Å². The topological polar surface area (TPSA) is 71.6 Å². The van der Waals surface area contributed by atoms with Crippen LogP contribution in [0, 0.1) is 0 Å². The van der Waals surface area contributed by atoms with Crippen molar-refractivity contribution in [3.63, 3.8) is 0 Å². The van der Waals surface area contributed by atoms with Gasteiger partial charge in [-0.3, -0.25) is 0 Å². The molecule has 5 rings (SSSR count). The minimum atomic E-state index is -0.964. The minimum Gasteiger partial charge on any atom is -0.493 e. The lowest BCUT2D eigenvalue weighted by Crippen LogP contribution is -2.06. The van der Waals surface area contributed by atoms with Crippen LogP contribution in [0.5, 0.6) is 11.5 Å². The number of hydrogen-bond donors (Lipinski definition) is 2. The van der Waals surface area contributed by atoms with Crippen molar-refractivity contribution >= 4 is 27.6 Å². The lowest BCUT2D eigenvalue weighted by atomic mass is 9.99. The highest BCUT2D eigenvalue weighted by Crippen LogP contribution is 2.37. The Morgan fingerprint density at radius 1 is 0.833 bits per heavy atom. The van der Waals surface area contributed by atoms with E-state index in [1.165, 1.54) is 0 Å². The third-order valence-electron chi connectivity index (χ3n) is 6.27. The Hall–Kier alpha value is -4.25. The first-order chi connectivity index (χ1) is 17.5. The number of para-hydroxylation sites is 2. The summed E-state index contributed by atoms with van der Waals surface area (Å²) in [5, 5.41) is 13.1. The van der Waals surface area contributed by atoms with Crippen molar-refractivity contribution in [3.05, 3.63) is 96.2 Å². The summed E-state index contributed by atoms with van der Waals surface area (Å²) in [5.74, 6) is 0.653. The number of fused-ring (bicyclic) bond motifs is 2. The third kappa shape index (κ3) is 4.65. The number of carboxylic acid groups (broad SMARTS) is 1. The molecule has 5 heteroatoms. The van der Waals surface area contributed by atoms with Crippen molar-refractivity contribution in [3.8, 4) is 22.6 Å². The second-order valence-electron chi connectivity index (χ2n) is 9.10. The zero-order valence-electron chi connectivity index (χ0n) is 20.5. The zero-order valence-corrected chi connectivity index (χ0v) is 20.5. The first-order valence-electron chi connectivity index (χ1n) is 12.3. The number of ether oxygens (including phenoxy) is 2. The number of rotatable bonds is 9. The first-order valence-corrected chi connectivity index (χ1v) is 12.3. The summed E-state index contributed by atoms with van der Waals surface area (Å²) in [7, 11) is 0. The highest BCUT2D eigenvalue weighted by atomic mass is 16.5. The zero-order chi connectivity index (χ0) is 25.1. The molecule has 0 aliphatic carbocycles. The largest absolute Gasteiger partial charge is 0.493 e. The van der Waals surface area contributed by atoms with Crippen molar-refractivity contribution in [2.45, 2.75) is 32.8 Å². The maximum absolute atomic E-state index is 12.2. The summed E-state index contributed by atoms with van der Waals surface area (Å²) in [4.78, 5) is 15.4. The van der Waals surface area contributed by atoms with Crippen LogP contribution in [-0.4, -0.2) is 28.8 Å². The Bertz CT molecular complexity index is 1530. The quantitative estimate of drug-likeness (QED) is 0.215. The van der Waals surface area contributed by atoms with Gasteiger partial charge in [0.05, 0.1) is 18.2 Å². The van der Waals surface area contributed by atoms with Gasteiger partial charge in [0.15, 0.2) is 0 Å². The molecule has 0 bridgehead atoms. The van der Waals surface area contributed by atoms with E-state index in [-0.39, 0.29) is 11.8 Å². The van der Waals surface area contributed by atoms with E-state index in [2.05, 4.69) is 23.2 Å². The number of hydrogen-bond acceptors (Lipinski definition) is 3.